The molecule has 0 unspecified atom stereocenters. The molecule has 0 aliphatic carbocycles. The summed E-state index contributed by atoms with van der Waals surface area (Å²) in [6.07, 6.45) is -45.0. The quantitative estimate of drug-likeness (QED) is 0.0458. The van der Waals surface area contributed by atoms with Crippen molar-refractivity contribution >= 4 is 38.8 Å². The van der Waals surface area contributed by atoms with Crippen molar-refractivity contribution in [1.29, 1.82) is 0 Å². The highest BCUT2D eigenvalue weighted by Gasteiger charge is 2.47. The molecular weight excluding hydrogens is 1170 g/mol. The first-order valence-electron chi connectivity index (χ1n) is 24.6. The molecule has 0 aliphatic heterocycles. The van der Waals surface area contributed by atoms with Gasteiger partial charge in [-0.2, -0.15) is 132 Å². The maximum atomic E-state index is 14.2. The molecule has 2 nitrogen and oxygen atoms in total. The molecule has 0 N–H and O–H groups in total. The van der Waals surface area contributed by atoms with Crippen LogP contribution in [0.3, 0.4) is 0 Å². The summed E-state index contributed by atoms with van der Waals surface area (Å²) < 4.78 is 349. The Kier molecular flexibility index (Phi) is 19.0. The zero-order chi connectivity index (χ0) is 61.9. The third-order valence-electron chi connectivity index (χ3n) is 13.3. The molecule has 0 aliphatic rings. The lowest BCUT2D eigenvalue weighted by Crippen LogP contribution is -2.75. The van der Waals surface area contributed by atoms with E-state index >= 15 is 0 Å². The van der Waals surface area contributed by atoms with Crippen LogP contribution in [0, 0.1) is 0 Å². The molecule has 83 heavy (non-hydrogen) atoms. The standard InChI is InChI=1S/C32H12BF24.C24H30NO/c34-25(35,36)13-1-14(26(37,38)39)6-21(5-13)33(22-7-15(27(40,41)42)2-16(8-22)28(43,44)45,23-9-17(29(46,47)48)3-18(10-23)30(49,50)51)24-11-19(31(52,53)54)4-20(12-24)32(55,56)57;1-2-3-4-5-6-12-19-26-24-23-16-11-10-15-22(23)17-18-25(24)20-21-13-8-7-9-14-21/h1-12H;7-11,13-18H,2-6,12,19-20H2,1H3/q-1;+1. The Bertz CT molecular complexity index is 2910. The van der Waals surface area contributed by atoms with Gasteiger partial charge in [-0.05, 0) is 42.1 Å². The number of aromatic nitrogens is 1. The van der Waals surface area contributed by atoms with E-state index < -0.39 is 195 Å². The van der Waals surface area contributed by atoms with Gasteiger partial charge in [0.15, 0.2) is 12.7 Å². The minimum atomic E-state index is -6.13. The van der Waals surface area contributed by atoms with Crippen molar-refractivity contribution in [3.05, 3.63) is 190 Å². The van der Waals surface area contributed by atoms with Crippen molar-refractivity contribution < 1.29 is 115 Å². The Balaban J connectivity index is 0.000000352. The summed E-state index contributed by atoms with van der Waals surface area (Å²) in [6.45, 7) is 3.88. The van der Waals surface area contributed by atoms with Gasteiger partial charge in [0, 0.05) is 11.6 Å². The Morgan fingerprint density at radius 3 is 0.976 bits per heavy atom. The number of nitrogens with zero attached hydrogens (tertiary/aromatic N) is 1. The van der Waals surface area contributed by atoms with Gasteiger partial charge >= 0.3 is 55.3 Å². The largest absolute Gasteiger partial charge is 0.444 e. The first-order chi connectivity index (χ1) is 38.1. The van der Waals surface area contributed by atoms with Crippen LogP contribution in [0.25, 0.3) is 10.8 Å². The molecule has 7 rings (SSSR count). The zero-order valence-corrected chi connectivity index (χ0v) is 42.4. The Morgan fingerprint density at radius 2 is 0.651 bits per heavy atom. The number of pyridine rings is 1. The first kappa shape index (κ1) is 65.1. The van der Waals surface area contributed by atoms with E-state index in [4.69, 9.17) is 4.74 Å². The molecule has 7 aromatic rings. The summed E-state index contributed by atoms with van der Waals surface area (Å²) in [7, 11) is 0. The number of halogens is 24. The lowest BCUT2D eigenvalue weighted by atomic mass is 9.12. The summed E-state index contributed by atoms with van der Waals surface area (Å²) in [5, 5.41) is 2.42. The van der Waals surface area contributed by atoms with Crippen LogP contribution in [0.2, 0.25) is 0 Å². The van der Waals surface area contributed by atoms with Crippen molar-refractivity contribution in [2.45, 2.75) is 101 Å². The molecule has 448 valence electrons. The fourth-order valence-electron chi connectivity index (χ4n) is 9.42. The predicted molar refractivity (Wildman–Crippen MR) is 259 cm³/mol. The summed E-state index contributed by atoms with van der Waals surface area (Å²) in [4.78, 5) is 0. The number of fused-ring (bicyclic) bond motifs is 1. The van der Waals surface area contributed by atoms with Crippen LogP contribution in [0.1, 0.15) is 95.5 Å². The third-order valence-corrected chi connectivity index (χ3v) is 13.3. The molecular formula is C56H42BF24NO. The molecule has 0 bridgehead atoms. The first-order valence-corrected chi connectivity index (χ1v) is 24.6. The highest BCUT2D eigenvalue weighted by atomic mass is 19.4. The van der Waals surface area contributed by atoms with Crippen LogP contribution in [0.15, 0.2) is 140 Å². The molecule has 0 spiro atoms. The average molecular weight is 1210 g/mol. The van der Waals surface area contributed by atoms with Crippen molar-refractivity contribution in [2.75, 3.05) is 6.61 Å². The van der Waals surface area contributed by atoms with E-state index in [0.29, 0.717) is 0 Å². The van der Waals surface area contributed by atoms with E-state index in [1.54, 1.807) is 0 Å². The maximum Gasteiger partial charge on any atom is 0.416 e. The van der Waals surface area contributed by atoms with E-state index in [1.165, 1.54) is 48.4 Å². The molecule has 6 aromatic carbocycles. The molecule has 27 heteroatoms. The number of ether oxygens (including phenoxy) is 1. The summed E-state index contributed by atoms with van der Waals surface area (Å²) >= 11 is 0. The molecule has 1 aromatic heterocycles. The van der Waals surface area contributed by atoms with Crippen LogP contribution < -0.4 is 31.2 Å². The molecule has 0 atom stereocenters. The van der Waals surface area contributed by atoms with Gasteiger partial charge in [-0.1, -0.05) is 136 Å². The topological polar surface area (TPSA) is 13.1 Å². The van der Waals surface area contributed by atoms with Gasteiger partial charge in [0.1, 0.15) is 6.15 Å². The number of hydrogen-bond donors (Lipinski definition) is 0. The third kappa shape index (κ3) is 16.0. The minimum Gasteiger partial charge on any atom is -0.444 e. The van der Waals surface area contributed by atoms with E-state index in [1.807, 2.05) is 0 Å². The molecule has 0 amide bonds. The number of unbranched alkanes of at least 4 members (excludes halogenated alkanes) is 5. The number of benzene rings is 6. The Hall–Kier alpha value is -7.09. The smallest absolute Gasteiger partial charge is 0.416 e. The van der Waals surface area contributed by atoms with E-state index in [-0.39, 0.29) is 0 Å². The molecule has 0 radical (unpaired) electrons. The van der Waals surface area contributed by atoms with E-state index in [9.17, 15) is 105 Å². The molecule has 0 saturated carbocycles. The van der Waals surface area contributed by atoms with Crippen molar-refractivity contribution in [1.82, 2.24) is 0 Å². The van der Waals surface area contributed by atoms with Gasteiger partial charge in [-0.15, -0.1) is 0 Å². The normalized spacial score (nSPS) is 13.3. The fraction of sp³-hybridized carbons (Fsp3) is 0.304. The summed E-state index contributed by atoms with van der Waals surface area (Å²) in [5.74, 6) is 0.987. The lowest BCUT2D eigenvalue weighted by molar-refractivity contribution is -0.692. The Labute approximate surface area is 456 Å². The van der Waals surface area contributed by atoms with Gasteiger partial charge in [0.25, 0.3) is 0 Å². The van der Waals surface area contributed by atoms with Gasteiger partial charge in [-0.25, -0.2) is 0 Å². The van der Waals surface area contributed by atoms with Crippen molar-refractivity contribution in [2.24, 2.45) is 0 Å². The lowest BCUT2D eigenvalue weighted by Gasteiger charge is -2.46. The second kappa shape index (κ2) is 24.3. The number of rotatable bonds is 14. The van der Waals surface area contributed by atoms with Crippen molar-refractivity contribution in [3.63, 3.8) is 0 Å². The fourth-order valence-corrected chi connectivity index (χ4v) is 9.42. The van der Waals surface area contributed by atoms with Crippen LogP contribution in [-0.4, -0.2) is 12.8 Å². The SMILES string of the molecule is CCCCCCCCOc1c2ccccc2cc[n+]1Cc1ccccc1.FC(F)(F)c1cc([B-](c2cc(C(F)(F)F)cc(C(F)(F)F)c2)(c2cc(C(F)(F)F)cc(C(F)(F)F)c2)c2cc(C(F)(F)F)cc(C(F)(F)F)c2)cc(C(F)(F)F)c1. The molecule has 1 heterocycles. The highest BCUT2D eigenvalue weighted by Crippen LogP contribution is 2.42. The van der Waals surface area contributed by atoms with Gasteiger partial charge < -0.3 is 4.74 Å². The van der Waals surface area contributed by atoms with E-state index in [2.05, 4.69) is 78.4 Å². The predicted octanol–water partition coefficient (Wildman–Crippen LogP) is 17.1. The van der Waals surface area contributed by atoms with E-state index in [0.717, 1.165) is 25.5 Å². The van der Waals surface area contributed by atoms with Crippen molar-refractivity contribution in [3.8, 4) is 5.88 Å². The maximum absolute atomic E-state index is 14.2. The number of hydrogen-bond acceptors (Lipinski definition) is 1. The molecule has 0 fully saturated rings. The minimum absolute atomic E-state index is 0.691. The van der Waals surface area contributed by atoms with Gasteiger partial charge in [0.2, 0.25) is 0 Å². The van der Waals surface area contributed by atoms with Crippen LogP contribution in [0.4, 0.5) is 105 Å². The average Bonchev–Trinajstić information content (AvgIpc) is 2.60. The van der Waals surface area contributed by atoms with Crippen LogP contribution in [0.5, 0.6) is 5.88 Å². The Morgan fingerprint density at radius 1 is 0.349 bits per heavy atom. The summed E-state index contributed by atoms with van der Waals surface area (Å²) in [6, 6.07) is 12.4. The second-order valence-corrected chi connectivity index (χ2v) is 19.2. The van der Waals surface area contributed by atoms with Crippen LogP contribution in [-0.2, 0) is 56.0 Å². The van der Waals surface area contributed by atoms with Gasteiger partial charge in [-0.3, -0.25) is 0 Å². The monoisotopic (exact) mass is 1210 g/mol. The van der Waals surface area contributed by atoms with Crippen LogP contribution >= 0.6 is 0 Å². The highest BCUT2D eigenvalue weighted by molar-refractivity contribution is 7.20. The zero-order valence-electron chi connectivity index (χ0n) is 42.4. The second-order valence-electron chi connectivity index (χ2n) is 19.2. The summed E-state index contributed by atoms with van der Waals surface area (Å²) in [5.41, 5.74) is -28.9. The molecule has 0 saturated heterocycles. The number of alkyl halides is 24. The van der Waals surface area contributed by atoms with Gasteiger partial charge in [0.05, 0.1) is 56.5 Å².